The number of benzene rings is 1. The third-order valence-corrected chi connectivity index (χ3v) is 2.52. The maximum Gasteiger partial charge on any atom is 0.137 e. The third-order valence-electron chi connectivity index (χ3n) is 1.92. The Kier molecular flexibility index (Phi) is 4.35. The molecule has 1 rings (SSSR count). The van der Waals surface area contributed by atoms with E-state index in [1.807, 2.05) is 6.92 Å². The number of hydrogen-bond donors (Lipinski definition) is 1. The van der Waals surface area contributed by atoms with Crippen LogP contribution in [0.25, 0.3) is 0 Å². The van der Waals surface area contributed by atoms with E-state index in [9.17, 15) is 4.39 Å². The van der Waals surface area contributed by atoms with E-state index in [1.54, 1.807) is 19.2 Å². The standard InChI is InChI=1S/C10H13BrFNO/c1-7(14-2)6-13-8-3-4-10(12)9(11)5-8/h3-5,7,13H,6H2,1-2H3. The zero-order valence-corrected chi connectivity index (χ0v) is 9.77. The van der Waals surface area contributed by atoms with Crippen molar-refractivity contribution in [3.05, 3.63) is 28.5 Å². The highest BCUT2D eigenvalue weighted by Gasteiger charge is 2.02. The van der Waals surface area contributed by atoms with Gasteiger partial charge in [0.1, 0.15) is 5.82 Å². The number of hydrogen-bond acceptors (Lipinski definition) is 2. The lowest BCUT2D eigenvalue weighted by Crippen LogP contribution is -2.17. The largest absolute Gasteiger partial charge is 0.382 e. The van der Waals surface area contributed by atoms with Crippen molar-refractivity contribution in [2.45, 2.75) is 13.0 Å². The van der Waals surface area contributed by atoms with Crippen LogP contribution in [0.2, 0.25) is 0 Å². The molecule has 2 nitrogen and oxygen atoms in total. The van der Waals surface area contributed by atoms with Crippen molar-refractivity contribution in [2.75, 3.05) is 19.0 Å². The summed E-state index contributed by atoms with van der Waals surface area (Å²) in [4.78, 5) is 0. The topological polar surface area (TPSA) is 21.3 Å². The van der Waals surface area contributed by atoms with Crippen LogP contribution < -0.4 is 5.32 Å². The van der Waals surface area contributed by atoms with Crippen LogP contribution >= 0.6 is 15.9 Å². The fourth-order valence-corrected chi connectivity index (χ4v) is 1.33. The first-order chi connectivity index (χ1) is 6.63. The molecular weight excluding hydrogens is 249 g/mol. The lowest BCUT2D eigenvalue weighted by Gasteiger charge is -2.12. The van der Waals surface area contributed by atoms with Gasteiger partial charge in [-0.2, -0.15) is 0 Å². The molecule has 0 spiro atoms. The number of nitrogens with one attached hydrogen (secondary N) is 1. The molecule has 0 aliphatic rings. The maximum absolute atomic E-state index is 12.9. The molecule has 0 saturated carbocycles. The summed E-state index contributed by atoms with van der Waals surface area (Å²) in [5.74, 6) is -0.254. The maximum atomic E-state index is 12.9. The van der Waals surface area contributed by atoms with Gasteiger partial charge in [-0.25, -0.2) is 4.39 Å². The summed E-state index contributed by atoms with van der Waals surface area (Å²) < 4.78 is 18.4. The van der Waals surface area contributed by atoms with E-state index in [-0.39, 0.29) is 11.9 Å². The van der Waals surface area contributed by atoms with Crippen molar-refractivity contribution >= 4 is 21.6 Å². The molecule has 4 heteroatoms. The van der Waals surface area contributed by atoms with Gasteiger partial charge in [-0.1, -0.05) is 0 Å². The highest BCUT2D eigenvalue weighted by Crippen LogP contribution is 2.19. The van der Waals surface area contributed by atoms with Gasteiger partial charge in [0.05, 0.1) is 10.6 Å². The van der Waals surface area contributed by atoms with Crippen LogP contribution in [0.3, 0.4) is 0 Å². The molecule has 78 valence electrons. The van der Waals surface area contributed by atoms with Gasteiger partial charge in [-0.3, -0.25) is 0 Å². The molecule has 0 bridgehead atoms. The predicted octanol–water partition coefficient (Wildman–Crippen LogP) is 3.04. The first kappa shape index (κ1) is 11.5. The van der Waals surface area contributed by atoms with Crippen LogP contribution in [0.15, 0.2) is 22.7 Å². The smallest absolute Gasteiger partial charge is 0.137 e. The van der Waals surface area contributed by atoms with Gasteiger partial charge >= 0.3 is 0 Å². The summed E-state index contributed by atoms with van der Waals surface area (Å²) >= 11 is 3.12. The van der Waals surface area contributed by atoms with E-state index in [1.165, 1.54) is 6.07 Å². The van der Waals surface area contributed by atoms with Crippen molar-refractivity contribution in [1.82, 2.24) is 0 Å². The minimum Gasteiger partial charge on any atom is -0.382 e. The highest BCUT2D eigenvalue weighted by atomic mass is 79.9. The van der Waals surface area contributed by atoms with Gasteiger partial charge in [0.2, 0.25) is 0 Å². The second-order valence-corrected chi connectivity index (χ2v) is 3.91. The Morgan fingerprint density at radius 1 is 1.57 bits per heavy atom. The molecule has 1 aromatic rings. The van der Waals surface area contributed by atoms with Crippen LogP contribution in [0.5, 0.6) is 0 Å². The number of ether oxygens (including phenoxy) is 1. The van der Waals surface area contributed by atoms with Gasteiger partial charge in [0.25, 0.3) is 0 Å². The summed E-state index contributed by atoms with van der Waals surface area (Å²) in [6.45, 7) is 2.67. The van der Waals surface area contributed by atoms with Crippen LogP contribution in [0.4, 0.5) is 10.1 Å². The number of methoxy groups -OCH3 is 1. The first-order valence-electron chi connectivity index (χ1n) is 4.35. The molecule has 1 unspecified atom stereocenters. The molecule has 0 amide bonds. The average molecular weight is 262 g/mol. The highest BCUT2D eigenvalue weighted by molar-refractivity contribution is 9.10. The summed E-state index contributed by atoms with van der Waals surface area (Å²) in [6, 6.07) is 4.82. The lowest BCUT2D eigenvalue weighted by atomic mass is 10.3. The monoisotopic (exact) mass is 261 g/mol. The van der Waals surface area contributed by atoms with Crippen molar-refractivity contribution in [3.63, 3.8) is 0 Å². The van der Waals surface area contributed by atoms with E-state index in [4.69, 9.17) is 4.74 Å². The van der Waals surface area contributed by atoms with Gasteiger partial charge in [-0.05, 0) is 41.1 Å². The molecule has 0 radical (unpaired) electrons. The van der Waals surface area contributed by atoms with Gasteiger partial charge < -0.3 is 10.1 Å². The molecule has 14 heavy (non-hydrogen) atoms. The molecule has 0 aromatic heterocycles. The molecule has 1 atom stereocenters. The summed E-state index contributed by atoms with van der Waals surface area (Å²) in [7, 11) is 1.66. The number of anilines is 1. The minimum atomic E-state index is -0.254. The van der Waals surface area contributed by atoms with Crippen molar-refractivity contribution < 1.29 is 9.13 Å². The Balaban J connectivity index is 2.55. The fourth-order valence-electron chi connectivity index (χ4n) is 0.951. The second-order valence-electron chi connectivity index (χ2n) is 3.06. The second kappa shape index (κ2) is 5.32. The summed E-state index contributed by atoms with van der Waals surface area (Å²) in [6.07, 6.45) is 0.138. The van der Waals surface area contributed by atoms with E-state index >= 15 is 0 Å². The van der Waals surface area contributed by atoms with E-state index < -0.39 is 0 Å². The summed E-state index contributed by atoms with van der Waals surface area (Å²) in [5.41, 5.74) is 0.877. The Morgan fingerprint density at radius 3 is 2.86 bits per heavy atom. The van der Waals surface area contributed by atoms with Gasteiger partial charge in [0.15, 0.2) is 0 Å². The Hall–Kier alpha value is -0.610. The third kappa shape index (κ3) is 3.27. The molecular formula is C10H13BrFNO. The molecule has 1 aromatic carbocycles. The lowest BCUT2D eigenvalue weighted by molar-refractivity contribution is 0.129. The van der Waals surface area contributed by atoms with Crippen molar-refractivity contribution in [2.24, 2.45) is 0 Å². The quantitative estimate of drug-likeness (QED) is 0.900. The van der Waals surface area contributed by atoms with E-state index in [0.29, 0.717) is 11.0 Å². The van der Waals surface area contributed by atoms with E-state index in [2.05, 4.69) is 21.2 Å². The van der Waals surface area contributed by atoms with Gasteiger partial charge in [0, 0.05) is 19.3 Å². The average Bonchev–Trinajstić information content (AvgIpc) is 2.19. The van der Waals surface area contributed by atoms with Crippen molar-refractivity contribution in [3.8, 4) is 0 Å². The summed E-state index contributed by atoms with van der Waals surface area (Å²) in [5, 5.41) is 3.14. The zero-order valence-electron chi connectivity index (χ0n) is 8.18. The SMILES string of the molecule is COC(C)CNc1ccc(F)c(Br)c1. The predicted molar refractivity (Wildman–Crippen MR) is 59.1 cm³/mol. The van der Waals surface area contributed by atoms with Gasteiger partial charge in [-0.15, -0.1) is 0 Å². The fraction of sp³-hybridized carbons (Fsp3) is 0.400. The minimum absolute atomic E-state index is 0.138. The molecule has 0 aliphatic heterocycles. The molecule has 0 heterocycles. The normalized spacial score (nSPS) is 12.6. The first-order valence-corrected chi connectivity index (χ1v) is 5.14. The van der Waals surface area contributed by atoms with Crippen molar-refractivity contribution in [1.29, 1.82) is 0 Å². The van der Waals surface area contributed by atoms with Crippen LogP contribution in [0, 0.1) is 5.82 Å². The number of rotatable bonds is 4. The van der Waals surface area contributed by atoms with E-state index in [0.717, 1.165) is 5.69 Å². The van der Waals surface area contributed by atoms with Crippen LogP contribution in [-0.2, 0) is 4.74 Å². The van der Waals surface area contributed by atoms with Crippen LogP contribution in [0.1, 0.15) is 6.92 Å². The Morgan fingerprint density at radius 2 is 2.29 bits per heavy atom. The molecule has 0 saturated heterocycles. The molecule has 0 fully saturated rings. The molecule has 0 aliphatic carbocycles. The Labute approximate surface area is 91.6 Å². The Bertz CT molecular complexity index is 306. The van der Waals surface area contributed by atoms with Crippen LogP contribution in [-0.4, -0.2) is 19.8 Å². The molecule has 1 N–H and O–H groups in total. The zero-order chi connectivity index (χ0) is 10.6. The number of halogens is 2.